The van der Waals surface area contributed by atoms with E-state index >= 15 is 0 Å². The molecule has 0 unspecified atom stereocenters. The molecule has 0 heterocycles. The van der Waals surface area contributed by atoms with Gasteiger partial charge in [-0.15, -0.1) is 0 Å². The van der Waals surface area contributed by atoms with Crippen molar-refractivity contribution in [2.75, 3.05) is 11.1 Å². The molecule has 0 atom stereocenters. The lowest BCUT2D eigenvalue weighted by molar-refractivity contribution is -0.384. The molecular formula is C13H9ClFN3O4. The van der Waals surface area contributed by atoms with Crippen LogP contribution >= 0.6 is 11.6 Å². The number of anilines is 3. The summed E-state index contributed by atoms with van der Waals surface area (Å²) >= 11 is 5.91. The number of aromatic carboxylic acids is 1. The van der Waals surface area contributed by atoms with Crippen molar-refractivity contribution in [3.05, 3.63) is 56.8 Å². The number of carboxylic acids is 1. The summed E-state index contributed by atoms with van der Waals surface area (Å²) in [5, 5.41) is 22.7. The van der Waals surface area contributed by atoms with Gasteiger partial charge in [-0.25, -0.2) is 9.18 Å². The minimum atomic E-state index is -1.54. The molecule has 0 aliphatic heterocycles. The smallest absolute Gasteiger partial charge is 0.338 e. The Morgan fingerprint density at radius 2 is 2.05 bits per heavy atom. The third-order valence-electron chi connectivity index (χ3n) is 2.84. The molecule has 114 valence electrons. The predicted octanol–water partition coefficient (Wildman–Crippen LogP) is 3.41. The number of nitrogen functional groups attached to an aromatic ring is 1. The first-order valence-corrected chi connectivity index (χ1v) is 6.22. The fourth-order valence-electron chi connectivity index (χ4n) is 1.79. The zero-order chi connectivity index (χ0) is 16.4. The highest BCUT2D eigenvalue weighted by Gasteiger charge is 2.26. The molecule has 0 aromatic heterocycles. The fourth-order valence-corrected chi connectivity index (χ4v) is 1.97. The normalized spacial score (nSPS) is 10.3. The van der Waals surface area contributed by atoms with Crippen LogP contribution < -0.4 is 11.1 Å². The van der Waals surface area contributed by atoms with Gasteiger partial charge in [-0.3, -0.25) is 10.1 Å². The fraction of sp³-hybridized carbons (Fsp3) is 0. The minimum absolute atomic E-state index is 0.218. The Morgan fingerprint density at radius 1 is 1.41 bits per heavy atom. The molecule has 2 rings (SSSR count). The number of benzene rings is 2. The van der Waals surface area contributed by atoms with Crippen molar-refractivity contribution in [1.82, 2.24) is 0 Å². The van der Waals surface area contributed by atoms with E-state index in [0.717, 1.165) is 0 Å². The van der Waals surface area contributed by atoms with E-state index in [4.69, 9.17) is 22.4 Å². The molecule has 0 saturated carbocycles. The average Bonchev–Trinajstić information content (AvgIpc) is 2.45. The Labute approximate surface area is 128 Å². The first-order chi connectivity index (χ1) is 10.3. The number of carbonyl (C=O) groups is 1. The number of nitro benzene ring substituents is 1. The summed E-state index contributed by atoms with van der Waals surface area (Å²) < 4.78 is 14.3. The summed E-state index contributed by atoms with van der Waals surface area (Å²) in [7, 11) is 0. The van der Waals surface area contributed by atoms with Gasteiger partial charge in [0, 0.05) is 6.07 Å². The Hall–Kier alpha value is -2.87. The van der Waals surface area contributed by atoms with Crippen LogP contribution in [0, 0.1) is 15.9 Å². The third-order valence-corrected chi connectivity index (χ3v) is 3.17. The van der Waals surface area contributed by atoms with Crippen LogP contribution in [0.25, 0.3) is 0 Å². The lowest BCUT2D eigenvalue weighted by atomic mass is 10.1. The quantitative estimate of drug-likeness (QED) is 0.450. The highest BCUT2D eigenvalue weighted by atomic mass is 35.5. The molecule has 2 aromatic rings. The van der Waals surface area contributed by atoms with E-state index in [-0.39, 0.29) is 10.7 Å². The lowest BCUT2D eigenvalue weighted by Gasteiger charge is -2.13. The SMILES string of the molecule is Nc1c([N+](=O)[O-])cc(C(=O)O)c(Nc2ccccc2Cl)c1F. The van der Waals surface area contributed by atoms with Gasteiger partial charge < -0.3 is 16.2 Å². The topological polar surface area (TPSA) is 118 Å². The average molecular weight is 326 g/mol. The van der Waals surface area contributed by atoms with Crippen LogP contribution in [0.4, 0.5) is 27.1 Å². The van der Waals surface area contributed by atoms with Gasteiger partial charge in [0.05, 0.1) is 26.9 Å². The van der Waals surface area contributed by atoms with Crippen LogP contribution in [-0.4, -0.2) is 16.0 Å². The van der Waals surface area contributed by atoms with Gasteiger partial charge in [0.2, 0.25) is 0 Å². The number of hydrogen-bond acceptors (Lipinski definition) is 5. The van der Waals surface area contributed by atoms with E-state index in [9.17, 15) is 19.3 Å². The maximum atomic E-state index is 14.3. The second kappa shape index (κ2) is 5.86. The predicted molar refractivity (Wildman–Crippen MR) is 79.2 cm³/mol. The third kappa shape index (κ3) is 2.77. The molecule has 0 fully saturated rings. The number of para-hydroxylation sites is 1. The molecule has 0 aliphatic rings. The maximum absolute atomic E-state index is 14.3. The van der Waals surface area contributed by atoms with E-state index < -0.39 is 39.3 Å². The molecule has 0 amide bonds. The van der Waals surface area contributed by atoms with Crippen molar-refractivity contribution in [2.45, 2.75) is 0 Å². The van der Waals surface area contributed by atoms with Crippen molar-refractivity contribution < 1.29 is 19.2 Å². The molecule has 4 N–H and O–H groups in total. The van der Waals surface area contributed by atoms with Crippen molar-refractivity contribution >= 4 is 40.3 Å². The van der Waals surface area contributed by atoms with E-state index in [2.05, 4.69) is 5.32 Å². The lowest BCUT2D eigenvalue weighted by Crippen LogP contribution is -2.10. The highest BCUT2D eigenvalue weighted by Crippen LogP contribution is 2.36. The number of hydrogen-bond donors (Lipinski definition) is 3. The molecule has 0 spiro atoms. The Morgan fingerprint density at radius 3 is 2.59 bits per heavy atom. The van der Waals surface area contributed by atoms with Gasteiger partial charge in [0.15, 0.2) is 5.82 Å². The van der Waals surface area contributed by atoms with Gasteiger partial charge in [0.25, 0.3) is 5.69 Å². The van der Waals surface area contributed by atoms with Crippen molar-refractivity contribution in [3.63, 3.8) is 0 Å². The number of nitro groups is 1. The van der Waals surface area contributed by atoms with Crippen LogP contribution in [0.1, 0.15) is 10.4 Å². The second-order valence-electron chi connectivity index (χ2n) is 4.21. The summed E-state index contributed by atoms with van der Waals surface area (Å²) in [6.07, 6.45) is 0. The monoisotopic (exact) mass is 325 g/mol. The molecule has 0 aliphatic carbocycles. The molecule has 0 radical (unpaired) electrons. The Kier molecular flexibility index (Phi) is 4.13. The van der Waals surface area contributed by atoms with Crippen LogP contribution in [0.5, 0.6) is 0 Å². The van der Waals surface area contributed by atoms with Crippen LogP contribution in [0.2, 0.25) is 5.02 Å². The molecule has 0 bridgehead atoms. The number of nitrogens with two attached hydrogens (primary N) is 1. The van der Waals surface area contributed by atoms with E-state index in [1.165, 1.54) is 12.1 Å². The molecule has 0 saturated heterocycles. The van der Waals surface area contributed by atoms with E-state index in [1.54, 1.807) is 12.1 Å². The van der Waals surface area contributed by atoms with Crippen LogP contribution in [0.3, 0.4) is 0 Å². The molecular weight excluding hydrogens is 317 g/mol. The number of rotatable bonds is 4. The van der Waals surface area contributed by atoms with Crippen molar-refractivity contribution in [3.8, 4) is 0 Å². The van der Waals surface area contributed by atoms with Crippen LogP contribution in [-0.2, 0) is 0 Å². The van der Waals surface area contributed by atoms with Crippen LogP contribution in [0.15, 0.2) is 30.3 Å². The van der Waals surface area contributed by atoms with E-state index in [1.807, 2.05) is 0 Å². The zero-order valence-corrected chi connectivity index (χ0v) is 11.6. The number of halogens is 2. The molecule has 2 aromatic carbocycles. The number of nitrogens with one attached hydrogen (secondary N) is 1. The van der Waals surface area contributed by atoms with E-state index in [0.29, 0.717) is 6.07 Å². The molecule has 9 heteroatoms. The summed E-state index contributed by atoms with van der Waals surface area (Å²) in [5.41, 5.74) is 2.89. The van der Waals surface area contributed by atoms with Gasteiger partial charge in [-0.1, -0.05) is 23.7 Å². The number of nitrogens with zero attached hydrogens (tertiary/aromatic N) is 1. The minimum Gasteiger partial charge on any atom is -0.478 e. The molecule has 22 heavy (non-hydrogen) atoms. The standard InChI is InChI=1S/C13H9ClFN3O4/c14-7-3-1-2-4-8(7)17-12-6(13(19)20)5-9(18(21)22)11(16)10(12)15/h1-5,17H,16H2,(H,19,20). The van der Waals surface area contributed by atoms with Gasteiger partial charge in [-0.05, 0) is 12.1 Å². The summed E-state index contributed by atoms with van der Waals surface area (Å²) in [4.78, 5) is 21.1. The van der Waals surface area contributed by atoms with Crippen molar-refractivity contribution in [1.29, 1.82) is 0 Å². The summed E-state index contributed by atoms with van der Waals surface area (Å²) in [5.74, 6) is -2.77. The first-order valence-electron chi connectivity index (χ1n) is 5.84. The van der Waals surface area contributed by atoms with Gasteiger partial charge in [0.1, 0.15) is 5.69 Å². The maximum Gasteiger partial charge on any atom is 0.338 e. The second-order valence-corrected chi connectivity index (χ2v) is 4.62. The summed E-state index contributed by atoms with van der Waals surface area (Å²) in [6.45, 7) is 0. The summed E-state index contributed by atoms with van der Waals surface area (Å²) in [6, 6.07) is 6.93. The van der Waals surface area contributed by atoms with Gasteiger partial charge >= 0.3 is 5.97 Å². The van der Waals surface area contributed by atoms with Gasteiger partial charge in [-0.2, -0.15) is 0 Å². The highest BCUT2D eigenvalue weighted by molar-refractivity contribution is 6.33. The number of carboxylic acid groups (broad SMARTS) is 1. The largest absolute Gasteiger partial charge is 0.478 e. The van der Waals surface area contributed by atoms with Crippen molar-refractivity contribution in [2.24, 2.45) is 0 Å². The Bertz CT molecular complexity index is 782. The zero-order valence-electron chi connectivity index (χ0n) is 10.8. The first kappa shape index (κ1) is 15.5. The molecule has 7 nitrogen and oxygen atoms in total. The Balaban J connectivity index is 2.65.